The summed E-state index contributed by atoms with van der Waals surface area (Å²) in [5.41, 5.74) is 7.49. The van der Waals surface area contributed by atoms with Gasteiger partial charge >= 0.3 is 0 Å². The molecule has 1 N–H and O–H groups in total. The molecule has 2 atom stereocenters. The van der Waals surface area contributed by atoms with Crippen molar-refractivity contribution >= 4 is 23.2 Å². The number of rotatable bonds is 4. The van der Waals surface area contributed by atoms with Gasteiger partial charge in [-0.2, -0.15) is 0 Å². The maximum atomic E-state index is 13.4. The predicted molar refractivity (Wildman–Crippen MR) is 113 cm³/mol. The van der Waals surface area contributed by atoms with Crippen molar-refractivity contribution in [3.63, 3.8) is 0 Å². The normalized spacial score (nSPS) is 18.3. The maximum absolute atomic E-state index is 13.4. The Labute approximate surface area is 168 Å². The summed E-state index contributed by atoms with van der Waals surface area (Å²) in [6.45, 7) is 3.92. The van der Waals surface area contributed by atoms with Gasteiger partial charge in [0.2, 0.25) is 5.16 Å². The molecule has 0 spiro atoms. The first-order chi connectivity index (χ1) is 13.4. The Morgan fingerprint density at radius 1 is 1.04 bits per heavy atom. The van der Waals surface area contributed by atoms with Crippen LogP contribution in [0.25, 0.3) is 0 Å². The van der Waals surface area contributed by atoms with Crippen LogP contribution in [0.1, 0.15) is 33.4 Å². The fraction of sp³-hybridized carbons (Fsp3) is 0.286. The van der Waals surface area contributed by atoms with Crippen molar-refractivity contribution in [2.75, 3.05) is 24.4 Å². The van der Waals surface area contributed by atoms with Gasteiger partial charge in [0.25, 0.3) is 0 Å². The Kier molecular flexibility index (Phi) is 4.85. The highest BCUT2D eigenvalue weighted by Gasteiger charge is 2.37. The molecule has 0 saturated heterocycles. The van der Waals surface area contributed by atoms with Gasteiger partial charge in [0, 0.05) is 25.3 Å². The first kappa shape index (κ1) is 18.6. The zero-order valence-corrected chi connectivity index (χ0v) is 17.2. The number of aromatic nitrogens is 3. The Morgan fingerprint density at radius 3 is 2.36 bits per heavy atom. The number of anilines is 1. The molecule has 0 bridgehead atoms. The summed E-state index contributed by atoms with van der Waals surface area (Å²) in [5.74, 6) is 0.865. The lowest BCUT2D eigenvalue weighted by Crippen LogP contribution is -2.39. The van der Waals surface area contributed by atoms with E-state index in [0.29, 0.717) is 10.7 Å². The molecule has 2 aromatic carbocycles. The lowest BCUT2D eigenvalue weighted by molar-refractivity contribution is 0.0980. The standard InChI is InChI=1S/C21H23N5OS/c1-13-5-7-16(8-6-13)19(27)20-18(15-9-11-17(12-10-15)25(3)4)24-26-14(2)22-23-21(26)28-20/h5-12,18,20,24H,1-4H3/t18-,20-/m1/s1. The largest absolute Gasteiger partial charge is 0.378 e. The molecule has 0 fully saturated rings. The number of nitrogens with one attached hydrogen (secondary N) is 1. The number of benzene rings is 2. The quantitative estimate of drug-likeness (QED) is 0.684. The second-order valence-corrected chi connectivity index (χ2v) is 8.34. The van der Waals surface area contributed by atoms with Gasteiger partial charge in [0.05, 0.1) is 6.04 Å². The number of aryl methyl sites for hydroxylation is 2. The van der Waals surface area contributed by atoms with E-state index < -0.39 is 0 Å². The first-order valence-electron chi connectivity index (χ1n) is 9.17. The minimum absolute atomic E-state index is 0.0890. The molecule has 7 heteroatoms. The number of thioether (sulfide) groups is 1. The summed E-state index contributed by atoms with van der Waals surface area (Å²) in [6, 6.07) is 15.9. The third-order valence-electron chi connectivity index (χ3n) is 4.96. The van der Waals surface area contributed by atoms with E-state index in [4.69, 9.17) is 0 Å². The SMILES string of the molecule is Cc1ccc(C(=O)[C@@H]2Sc3nnc(C)n3N[C@@H]2c2ccc(N(C)C)cc2)cc1. The highest BCUT2D eigenvalue weighted by Crippen LogP contribution is 2.38. The van der Waals surface area contributed by atoms with Gasteiger partial charge < -0.3 is 10.3 Å². The van der Waals surface area contributed by atoms with Crippen LogP contribution >= 0.6 is 11.8 Å². The molecular weight excluding hydrogens is 370 g/mol. The van der Waals surface area contributed by atoms with Crippen molar-refractivity contribution < 1.29 is 4.79 Å². The van der Waals surface area contributed by atoms with Crippen molar-refractivity contribution in [2.45, 2.75) is 30.3 Å². The van der Waals surface area contributed by atoms with Crippen LogP contribution in [0.4, 0.5) is 5.69 Å². The summed E-state index contributed by atoms with van der Waals surface area (Å²) in [6.07, 6.45) is 0. The molecule has 28 heavy (non-hydrogen) atoms. The Balaban J connectivity index is 1.72. The van der Waals surface area contributed by atoms with Crippen LogP contribution in [-0.2, 0) is 0 Å². The summed E-state index contributed by atoms with van der Waals surface area (Å²) >= 11 is 1.47. The van der Waals surface area contributed by atoms with E-state index in [0.717, 1.165) is 22.6 Å². The number of fused-ring (bicyclic) bond motifs is 1. The van der Waals surface area contributed by atoms with E-state index in [1.54, 1.807) is 0 Å². The molecule has 0 radical (unpaired) electrons. The van der Waals surface area contributed by atoms with Crippen molar-refractivity contribution in [2.24, 2.45) is 0 Å². The van der Waals surface area contributed by atoms with Crippen molar-refractivity contribution in [1.29, 1.82) is 0 Å². The fourth-order valence-corrected chi connectivity index (χ4v) is 4.47. The molecule has 2 heterocycles. The highest BCUT2D eigenvalue weighted by atomic mass is 32.2. The van der Waals surface area contributed by atoms with E-state index in [1.165, 1.54) is 11.8 Å². The molecule has 3 aromatic rings. The minimum Gasteiger partial charge on any atom is -0.378 e. The Bertz CT molecular complexity index is 995. The molecule has 0 saturated carbocycles. The number of carbonyl (C=O) groups excluding carboxylic acids is 1. The van der Waals surface area contributed by atoms with Crippen LogP contribution in [0.3, 0.4) is 0 Å². The smallest absolute Gasteiger partial charge is 0.210 e. The second kappa shape index (κ2) is 7.31. The molecule has 1 aliphatic rings. The number of ketones is 1. The second-order valence-electron chi connectivity index (χ2n) is 7.23. The average molecular weight is 394 g/mol. The number of hydrogen-bond acceptors (Lipinski definition) is 6. The van der Waals surface area contributed by atoms with Crippen LogP contribution < -0.4 is 10.3 Å². The summed E-state index contributed by atoms with van der Waals surface area (Å²) < 4.78 is 1.87. The average Bonchev–Trinajstić information content (AvgIpc) is 3.07. The van der Waals surface area contributed by atoms with Gasteiger partial charge in [-0.25, -0.2) is 4.68 Å². The van der Waals surface area contributed by atoms with Gasteiger partial charge in [0.15, 0.2) is 5.78 Å². The van der Waals surface area contributed by atoms with Crippen LogP contribution in [0, 0.1) is 13.8 Å². The number of Topliss-reactive ketones (excluding diaryl/α,β-unsaturated/α-hetero) is 1. The molecule has 4 rings (SSSR count). The predicted octanol–water partition coefficient (Wildman–Crippen LogP) is 3.60. The Hall–Kier alpha value is -2.80. The van der Waals surface area contributed by atoms with E-state index >= 15 is 0 Å². The number of hydrogen-bond donors (Lipinski definition) is 1. The van der Waals surface area contributed by atoms with E-state index in [2.05, 4.69) is 44.8 Å². The maximum Gasteiger partial charge on any atom is 0.210 e. The molecular formula is C21H23N5OS. The van der Waals surface area contributed by atoms with Gasteiger partial charge in [-0.15, -0.1) is 10.2 Å². The number of carbonyl (C=O) groups is 1. The molecule has 0 unspecified atom stereocenters. The van der Waals surface area contributed by atoms with Crippen molar-refractivity contribution in [3.05, 3.63) is 71.0 Å². The molecule has 0 aliphatic carbocycles. The lowest BCUT2D eigenvalue weighted by atomic mass is 9.97. The van der Waals surface area contributed by atoms with Crippen LogP contribution in [-0.4, -0.2) is 40.0 Å². The zero-order valence-electron chi connectivity index (χ0n) is 16.4. The van der Waals surface area contributed by atoms with Gasteiger partial charge in [-0.05, 0) is 31.5 Å². The van der Waals surface area contributed by atoms with Crippen molar-refractivity contribution in [3.8, 4) is 0 Å². The highest BCUT2D eigenvalue weighted by molar-refractivity contribution is 8.00. The van der Waals surface area contributed by atoms with E-state index in [9.17, 15) is 4.79 Å². The van der Waals surface area contributed by atoms with Gasteiger partial charge in [0.1, 0.15) is 11.1 Å². The topological polar surface area (TPSA) is 63.1 Å². The zero-order chi connectivity index (χ0) is 19.8. The molecule has 6 nitrogen and oxygen atoms in total. The minimum atomic E-state index is -0.330. The summed E-state index contributed by atoms with van der Waals surface area (Å²) in [5, 5.41) is 8.75. The monoisotopic (exact) mass is 393 g/mol. The molecule has 144 valence electrons. The van der Waals surface area contributed by atoms with Crippen LogP contribution in [0.2, 0.25) is 0 Å². The van der Waals surface area contributed by atoms with Gasteiger partial charge in [-0.3, -0.25) is 4.79 Å². The molecule has 1 aromatic heterocycles. The molecule has 0 amide bonds. The van der Waals surface area contributed by atoms with Crippen LogP contribution in [0.5, 0.6) is 0 Å². The summed E-state index contributed by atoms with van der Waals surface area (Å²) in [4.78, 5) is 15.4. The van der Waals surface area contributed by atoms with Crippen LogP contribution in [0.15, 0.2) is 53.7 Å². The van der Waals surface area contributed by atoms with Crippen molar-refractivity contribution in [1.82, 2.24) is 14.9 Å². The third kappa shape index (κ3) is 3.38. The third-order valence-corrected chi connectivity index (χ3v) is 6.18. The summed E-state index contributed by atoms with van der Waals surface area (Å²) in [7, 11) is 4.03. The van der Waals surface area contributed by atoms with E-state index in [1.807, 2.05) is 56.9 Å². The first-order valence-corrected chi connectivity index (χ1v) is 10.1. The van der Waals surface area contributed by atoms with E-state index in [-0.39, 0.29) is 17.1 Å². The number of nitrogens with zero attached hydrogens (tertiary/aromatic N) is 4. The molecule has 1 aliphatic heterocycles. The van der Waals surface area contributed by atoms with Gasteiger partial charge in [-0.1, -0.05) is 53.7 Å². The lowest BCUT2D eigenvalue weighted by Gasteiger charge is -2.33. The fourth-order valence-electron chi connectivity index (χ4n) is 3.27. The Morgan fingerprint density at radius 2 is 1.71 bits per heavy atom.